The second kappa shape index (κ2) is 4.71. The van der Waals surface area contributed by atoms with Crippen LogP contribution in [0.2, 0.25) is 0 Å². The molecule has 0 spiro atoms. The second-order valence-electron chi connectivity index (χ2n) is 5.01. The normalized spacial score (nSPS) is 21.6. The summed E-state index contributed by atoms with van der Waals surface area (Å²) >= 11 is 0. The minimum absolute atomic E-state index is 0.109. The Kier molecular flexibility index (Phi) is 3.42. The van der Waals surface area contributed by atoms with Crippen molar-refractivity contribution in [3.63, 3.8) is 0 Å². The third-order valence-electron chi connectivity index (χ3n) is 4.23. The number of rotatable bonds is 4. The molecule has 1 atom stereocenters. The number of hydrogen-bond donors (Lipinski definition) is 0. The Hall–Kier alpha value is -1.38. The van der Waals surface area contributed by atoms with Crippen LogP contribution in [0.3, 0.4) is 0 Å². The fourth-order valence-corrected chi connectivity index (χ4v) is 2.68. The Morgan fingerprint density at radius 1 is 1.39 bits per heavy atom. The number of aryl methyl sites for hydroxylation is 1. The van der Waals surface area contributed by atoms with Crippen LogP contribution < -0.4 is 4.74 Å². The molecular formula is C15H19FO2. The fourth-order valence-electron chi connectivity index (χ4n) is 2.68. The lowest BCUT2D eigenvalue weighted by Gasteiger charge is -2.46. The summed E-state index contributed by atoms with van der Waals surface area (Å²) in [5, 5.41) is 0. The zero-order valence-corrected chi connectivity index (χ0v) is 11.1. The van der Waals surface area contributed by atoms with E-state index in [-0.39, 0.29) is 23.1 Å². The molecule has 2 rings (SSSR count). The topological polar surface area (TPSA) is 26.3 Å². The zero-order valence-electron chi connectivity index (χ0n) is 11.1. The highest BCUT2D eigenvalue weighted by atomic mass is 19.1. The molecule has 0 heterocycles. The van der Waals surface area contributed by atoms with Gasteiger partial charge >= 0.3 is 0 Å². The van der Waals surface area contributed by atoms with Crippen LogP contribution in [0.25, 0.3) is 0 Å². The highest BCUT2D eigenvalue weighted by molar-refractivity contribution is 5.92. The summed E-state index contributed by atoms with van der Waals surface area (Å²) < 4.78 is 19.2. The predicted molar refractivity (Wildman–Crippen MR) is 68.2 cm³/mol. The van der Waals surface area contributed by atoms with E-state index in [4.69, 9.17) is 4.74 Å². The van der Waals surface area contributed by atoms with Crippen molar-refractivity contribution in [3.8, 4) is 5.75 Å². The lowest BCUT2D eigenvalue weighted by Crippen LogP contribution is -2.56. The molecule has 3 heteroatoms. The number of ketones is 1. The second-order valence-corrected chi connectivity index (χ2v) is 5.01. The van der Waals surface area contributed by atoms with Crippen molar-refractivity contribution in [2.45, 2.75) is 46.1 Å². The van der Waals surface area contributed by atoms with Crippen molar-refractivity contribution in [2.75, 3.05) is 0 Å². The molecule has 0 radical (unpaired) electrons. The zero-order chi connectivity index (χ0) is 13.3. The Bertz CT molecular complexity index is 464. The molecule has 0 bridgehead atoms. The van der Waals surface area contributed by atoms with Crippen molar-refractivity contribution in [1.82, 2.24) is 0 Å². The molecule has 0 amide bonds. The number of halogens is 1. The maximum atomic E-state index is 13.4. The summed E-state index contributed by atoms with van der Waals surface area (Å²) in [5.74, 6) is 0.517. The molecule has 2 nitrogen and oxygen atoms in total. The lowest BCUT2D eigenvalue weighted by molar-refractivity contribution is -0.153. The van der Waals surface area contributed by atoms with Gasteiger partial charge in [0.05, 0.1) is 5.41 Å². The minimum Gasteiger partial charge on any atom is -0.489 e. The summed E-state index contributed by atoms with van der Waals surface area (Å²) in [4.78, 5) is 11.8. The Labute approximate surface area is 107 Å². The Morgan fingerprint density at radius 2 is 2.06 bits per heavy atom. The predicted octanol–water partition coefficient (Wildman–Crippen LogP) is 3.66. The van der Waals surface area contributed by atoms with Gasteiger partial charge in [-0.1, -0.05) is 19.9 Å². The number of benzene rings is 1. The fraction of sp³-hybridized carbons (Fsp3) is 0.533. The molecule has 0 N–H and O–H groups in total. The lowest BCUT2D eigenvalue weighted by atomic mass is 9.61. The molecule has 1 fully saturated rings. The number of Topliss-reactive ketones (excluding diaryl/α,β-unsaturated/α-hetero) is 1. The molecule has 0 saturated heterocycles. The molecule has 1 unspecified atom stereocenters. The molecular weight excluding hydrogens is 231 g/mol. The van der Waals surface area contributed by atoms with Crippen molar-refractivity contribution in [1.29, 1.82) is 0 Å². The van der Waals surface area contributed by atoms with Gasteiger partial charge in [-0.25, -0.2) is 4.39 Å². The van der Waals surface area contributed by atoms with Crippen LogP contribution in [-0.4, -0.2) is 11.9 Å². The molecule has 1 aromatic carbocycles. The first-order valence-electron chi connectivity index (χ1n) is 6.49. The first kappa shape index (κ1) is 13.1. The highest BCUT2D eigenvalue weighted by Crippen LogP contribution is 2.45. The van der Waals surface area contributed by atoms with Gasteiger partial charge in [0.25, 0.3) is 0 Å². The molecule has 18 heavy (non-hydrogen) atoms. The van der Waals surface area contributed by atoms with E-state index in [1.54, 1.807) is 19.1 Å². The number of carbonyl (C=O) groups is 1. The van der Waals surface area contributed by atoms with E-state index in [1.807, 2.05) is 13.8 Å². The van der Waals surface area contributed by atoms with Crippen LogP contribution in [-0.2, 0) is 4.79 Å². The van der Waals surface area contributed by atoms with Gasteiger partial charge in [-0.15, -0.1) is 0 Å². The summed E-state index contributed by atoms with van der Waals surface area (Å²) in [7, 11) is 0. The van der Waals surface area contributed by atoms with Crippen LogP contribution >= 0.6 is 0 Å². The minimum atomic E-state index is -0.360. The quantitative estimate of drug-likeness (QED) is 0.815. The SMILES string of the molecule is CCC1(CC)C(=O)CC1Oc1ccc(C)c(F)c1. The smallest absolute Gasteiger partial charge is 0.146 e. The number of hydrogen-bond acceptors (Lipinski definition) is 2. The molecule has 1 aliphatic carbocycles. The standard InChI is InChI=1S/C15H19FO2/c1-4-15(5-2)13(17)9-14(15)18-11-7-6-10(3)12(16)8-11/h6-8,14H,4-5,9H2,1-3H3. The van der Waals surface area contributed by atoms with Crippen LogP contribution in [0.4, 0.5) is 4.39 Å². The van der Waals surface area contributed by atoms with E-state index in [0.29, 0.717) is 17.7 Å². The van der Waals surface area contributed by atoms with Gasteiger partial charge in [0.1, 0.15) is 23.5 Å². The van der Waals surface area contributed by atoms with Gasteiger partial charge in [0.15, 0.2) is 0 Å². The van der Waals surface area contributed by atoms with Gasteiger partial charge in [0.2, 0.25) is 0 Å². The van der Waals surface area contributed by atoms with E-state index >= 15 is 0 Å². The van der Waals surface area contributed by atoms with Gasteiger partial charge < -0.3 is 4.74 Å². The van der Waals surface area contributed by atoms with Gasteiger partial charge in [-0.2, -0.15) is 0 Å². The van der Waals surface area contributed by atoms with Crippen molar-refractivity contribution in [3.05, 3.63) is 29.6 Å². The Morgan fingerprint density at radius 3 is 2.56 bits per heavy atom. The van der Waals surface area contributed by atoms with E-state index in [9.17, 15) is 9.18 Å². The van der Waals surface area contributed by atoms with Gasteiger partial charge in [-0.3, -0.25) is 4.79 Å². The summed E-state index contributed by atoms with van der Waals surface area (Å²) in [6.45, 7) is 5.73. The first-order chi connectivity index (χ1) is 8.53. The molecule has 1 aromatic rings. The average molecular weight is 250 g/mol. The van der Waals surface area contributed by atoms with Crippen molar-refractivity contribution < 1.29 is 13.9 Å². The highest BCUT2D eigenvalue weighted by Gasteiger charge is 2.53. The monoisotopic (exact) mass is 250 g/mol. The van der Waals surface area contributed by atoms with Crippen LogP contribution in [0, 0.1) is 18.2 Å². The number of carbonyl (C=O) groups excluding carboxylic acids is 1. The third kappa shape index (κ3) is 1.92. The molecule has 1 saturated carbocycles. The summed E-state index contributed by atoms with van der Waals surface area (Å²) in [6.07, 6.45) is 1.89. The van der Waals surface area contributed by atoms with Gasteiger partial charge in [-0.05, 0) is 31.4 Å². The van der Waals surface area contributed by atoms with E-state index in [0.717, 1.165) is 12.8 Å². The molecule has 98 valence electrons. The van der Waals surface area contributed by atoms with Crippen LogP contribution in [0.1, 0.15) is 38.7 Å². The van der Waals surface area contributed by atoms with Gasteiger partial charge in [0, 0.05) is 12.5 Å². The maximum Gasteiger partial charge on any atom is 0.146 e. The largest absolute Gasteiger partial charge is 0.489 e. The Balaban J connectivity index is 2.15. The maximum absolute atomic E-state index is 13.4. The van der Waals surface area contributed by atoms with E-state index in [2.05, 4.69) is 0 Å². The summed E-state index contributed by atoms with van der Waals surface area (Å²) in [6, 6.07) is 4.86. The third-order valence-corrected chi connectivity index (χ3v) is 4.23. The number of ether oxygens (including phenoxy) is 1. The van der Waals surface area contributed by atoms with Crippen LogP contribution in [0.15, 0.2) is 18.2 Å². The average Bonchev–Trinajstić information content (AvgIpc) is 2.35. The van der Waals surface area contributed by atoms with Crippen LogP contribution in [0.5, 0.6) is 5.75 Å². The molecule has 1 aliphatic rings. The first-order valence-corrected chi connectivity index (χ1v) is 6.49. The van der Waals surface area contributed by atoms with E-state index in [1.165, 1.54) is 6.07 Å². The van der Waals surface area contributed by atoms with E-state index < -0.39 is 0 Å². The molecule has 0 aromatic heterocycles. The summed E-state index contributed by atoms with van der Waals surface area (Å²) in [5.41, 5.74) is 0.241. The van der Waals surface area contributed by atoms with Crippen molar-refractivity contribution >= 4 is 5.78 Å². The molecule has 0 aliphatic heterocycles. The van der Waals surface area contributed by atoms with Crippen molar-refractivity contribution in [2.24, 2.45) is 5.41 Å².